The number of nitrogens with zero attached hydrogens (tertiary/aromatic N) is 1. The number of carboxylic acids is 1. The Morgan fingerprint density at radius 1 is 1.00 bits per heavy atom. The summed E-state index contributed by atoms with van der Waals surface area (Å²) in [6.45, 7) is -0.310. The minimum Gasteiger partial charge on any atom is -0.478 e. The molecule has 1 aliphatic heterocycles. The molecule has 3 N–H and O–H groups in total. The van der Waals surface area contributed by atoms with Crippen molar-refractivity contribution in [3.05, 3.63) is 72.3 Å². The normalized spacial score (nSPS) is 18.3. The Morgan fingerprint density at radius 2 is 1.69 bits per heavy atom. The molecule has 3 aromatic carbocycles. The van der Waals surface area contributed by atoms with Crippen molar-refractivity contribution in [1.82, 2.24) is 9.62 Å². The van der Waals surface area contributed by atoms with Gasteiger partial charge >= 0.3 is 5.97 Å². The number of carboxylic acid groups (broad SMARTS) is 1. The predicted molar refractivity (Wildman–Crippen MR) is 134 cm³/mol. The molecule has 0 radical (unpaired) electrons. The van der Waals surface area contributed by atoms with E-state index >= 15 is 0 Å². The Balaban J connectivity index is 1.43. The SMILES string of the molecule is O=C(CNC(=O)C1CC(S)CN1S(=O)(=O)c1ccc2ccccc2c1)Nc1ccc(C(=O)O)cc1. The number of thiol groups is 1. The lowest BCUT2D eigenvalue weighted by Gasteiger charge is -2.23. The van der Waals surface area contributed by atoms with Crippen molar-refractivity contribution >= 4 is 56.9 Å². The van der Waals surface area contributed by atoms with Crippen LogP contribution in [0.4, 0.5) is 5.69 Å². The zero-order valence-electron chi connectivity index (χ0n) is 18.4. The van der Waals surface area contributed by atoms with Gasteiger partial charge in [0.15, 0.2) is 0 Å². The molecule has 2 amide bonds. The van der Waals surface area contributed by atoms with Gasteiger partial charge in [-0.15, -0.1) is 0 Å². The number of benzene rings is 3. The number of hydrogen-bond acceptors (Lipinski definition) is 6. The van der Waals surface area contributed by atoms with Crippen LogP contribution < -0.4 is 10.6 Å². The summed E-state index contributed by atoms with van der Waals surface area (Å²) in [5.41, 5.74) is 0.442. The van der Waals surface area contributed by atoms with Gasteiger partial charge in [0.25, 0.3) is 0 Å². The predicted octanol–water partition coefficient (Wildman–Crippen LogP) is 2.35. The fourth-order valence-corrected chi connectivity index (χ4v) is 6.10. The molecule has 182 valence electrons. The van der Waals surface area contributed by atoms with Gasteiger partial charge in [-0.1, -0.05) is 30.3 Å². The molecule has 1 aliphatic rings. The summed E-state index contributed by atoms with van der Waals surface area (Å²) in [5, 5.41) is 15.3. The summed E-state index contributed by atoms with van der Waals surface area (Å²) < 4.78 is 27.9. The average molecular weight is 514 g/mol. The van der Waals surface area contributed by atoms with Crippen LogP contribution in [-0.4, -0.2) is 60.0 Å². The highest BCUT2D eigenvalue weighted by Crippen LogP contribution is 2.30. The molecule has 1 saturated heterocycles. The molecular formula is C24H23N3O6S2. The number of carbonyl (C=O) groups is 3. The number of fused-ring (bicyclic) bond motifs is 1. The summed E-state index contributed by atoms with van der Waals surface area (Å²) in [4.78, 5) is 36.1. The highest BCUT2D eigenvalue weighted by molar-refractivity contribution is 7.89. The standard InChI is InChI=1S/C24H23N3O6S2/c28-22(26-18-8-5-16(6-9-18)24(30)31)13-25-23(29)21-12-19(34)14-27(21)35(32,33)20-10-7-15-3-1-2-4-17(15)11-20/h1-11,19,21,34H,12-14H2,(H,25,29)(H,26,28)(H,30,31). The molecule has 11 heteroatoms. The van der Waals surface area contributed by atoms with Gasteiger partial charge in [-0.25, -0.2) is 13.2 Å². The zero-order chi connectivity index (χ0) is 25.2. The van der Waals surface area contributed by atoms with Crippen LogP contribution >= 0.6 is 12.6 Å². The molecule has 0 aliphatic carbocycles. The van der Waals surface area contributed by atoms with E-state index in [9.17, 15) is 22.8 Å². The van der Waals surface area contributed by atoms with Crippen LogP contribution in [-0.2, 0) is 19.6 Å². The largest absolute Gasteiger partial charge is 0.478 e. The van der Waals surface area contributed by atoms with Gasteiger partial charge < -0.3 is 15.7 Å². The first kappa shape index (κ1) is 24.7. The molecule has 0 aromatic heterocycles. The lowest BCUT2D eigenvalue weighted by Crippen LogP contribution is -2.47. The van der Waals surface area contributed by atoms with Gasteiger partial charge in [-0.3, -0.25) is 9.59 Å². The molecular weight excluding hydrogens is 490 g/mol. The van der Waals surface area contributed by atoms with E-state index in [0.29, 0.717) is 5.69 Å². The first-order valence-electron chi connectivity index (χ1n) is 10.7. The van der Waals surface area contributed by atoms with Crippen LogP contribution in [0.5, 0.6) is 0 Å². The van der Waals surface area contributed by atoms with E-state index < -0.39 is 33.8 Å². The molecule has 1 fully saturated rings. The molecule has 0 saturated carbocycles. The molecule has 0 spiro atoms. The average Bonchev–Trinajstić information content (AvgIpc) is 3.25. The molecule has 3 aromatic rings. The minimum absolute atomic E-state index is 0.0679. The van der Waals surface area contributed by atoms with Crippen molar-refractivity contribution < 1.29 is 27.9 Å². The Kier molecular flexibility index (Phi) is 7.10. The quantitative estimate of drug-likeness (QED) is 0.359. The lowest BCUT2D eigenvalue weighted by molar-refractivity contribution is -0.126. The second kappa shape index (κ2) is 10.1. The van der Waals surface area contributed by atoms with Crippen LogP contribution in [0, 0.1) is 0 Å². The van der Waals surface area contributed by atoms with E-state index in [1.807, 2.05) is 24.3 Å². The second-order valence-corrected chi connectivity index (χ2v) is 10.8. The molecule has 2 atom stereocenters. The topological polar surface area (TPSA) is 133 Å². The molecule has 2 unspecified atom stereocenters. The summed E-state index contributed by atoms with van der Waals surface area (Å²) in [7, 11) is -3.98. The maximum Gasteiger partial charge on any atom is 0.335 e. The molecule has 0 bridgehead atoms. The maximum atomic E-state index is 13.4. The van der Waals surface area contributed by atoms with Crippen LogP contribution in [0.15, 0.2) is 71.6 Å². The molecule has 9 nitrogen and oxygen atoms in total. The Bertz CT molecular complexity index is 1390. The smallest absolute Gasteiger partial charge is 0.335 e. The van der Waals surface area contributed by atoms with Crippen LogP contribution in [0.25, 0.3) is 10.8 Å². The van der Waals surface area contributed by atoms with Gasteiger partial charge in [0.1, 0.15) is 6.04 Å². The number of rotatable bonds is 7. The van der Waals surface area contributed by atoms with Crippen molar-refractivity contribution in [3.8, 4) is 0 Å². The van der Waals surface area contributed by atoms with E-state index in [1.54, 1.807) is 12.1 Å². The number of nitrogens with one attached hydrogen (secondary N) is 2. The number of amides is 2. The van der Waals surface area contributed by atoms with Crippen molar-refractivity contribution in [1.29, 1.82) is 0 Å². The van der Waals surface area contributed by atoms with Gasteiger partial charge in [0.2, 0.25) is 21.8 Å². The Morgan fingerprint density at radius 3 is 2.37 bits per heavy atom. The number of hydrogen-bond donors (Lipinski definition) is 4. The molecule has 4 rings (SSSR count). The van der Waals surface area contributed by atoms with Crippen molar-refractivity contribution in [2.75, 3.05) is 18.4 Å². The van der Waals surface area contributed by atoms with Crippen LogP contribution in [0.1, 0.15) is 16.8 Å². The number of aromatic carboxylic acids is 1. The fourth-order valence-electron chi connectivity index (χ4n) is 3.94. The number of anilines is 1. The third kappa shape index (κ3) is 5.47. The minimum atomic E-state index is -3.98. The van der Waals surface area contributed by atoms with Crippen molar-refractivity contribution in [2.45, 2.75) is 22.6 Å². The van der Waals surface area contributed by atoms with E-state index in [2.05, 4.69) is 23.3 Å². The summed E-state index contributed by atoms with van der Waals surface area (Å²) in [5.74, 6) is -2.22. The monoisotopic (exact) mass is 513 g/mol. The summed E-state index contributed by atoms with van der Waals surface area (Å²) >= 11 is 4.40. The van der Waals surface area contributed by atoms with Crippen molar-refractivity contribution in [2.24, 2.45) is 0 Å². The number of carbonyl (C=O) groups excluding carboxylic acids is 2. The highest BCUT2D eigenvalue weighted by atomic mass is 32.2. The highest BCUT2D eigenvalue weighted by Gasteiger charge is 2.43. The first-order valence-corrected chi connectivity index (χ1v) is 12.7. The fraction of sp³-hybridized carbons (Fsp3) is 0.208. The molecule has 35 heavy (non-hydrogen) atoms. The van der Waals surface area contributed by atoms with E-state index in [4.69, 9.17) is 5.11 Å². The number of sulfonamides is 1. The second-order valence-electron chi connectivity index (χ2n) is 8.14. The lowest BCUT2D eigenvalue weighted by atomic mass is 10.1. The third-order valence-electron chi connectivity index (χ3n) is 5.70. The van der Waals surface area contributed by atoms with Crippen LogP contribution in [0.2, 0.25) is 0 Å². The zero-order valence-corrected chi connectivity index (χ0v) is 20.1. The summed E-state index contributed by atoms with van der Waals surface area (Å²) in [6.07, 6.45) is 0.208. The first-order chi connectivity index (χ1) is 16.6. The van der Waals surface area contributed by atoms with Crippen molar-refractivity contribution in [3.63, 3.8) is 0 Å². The van der Waals surface area contributed by atoms with E-state index in [1.165, 1.54) is 30.3 Å². The Hall–Kier alpha value is -3.41. The van der Waals surface area contributed by atoms with Gasteiger partial charge in [0.05, 0.1) is 17.0 Å². The Labute approximate surface area is 207 Å². The van der Waals surface area contributed by atoms with Gasteiger partial charge in [-0.2, -0.15) is 16.9 Å². The van der Waals surface area contributed by atoms with Crippen LogP contribution in [0.3, 0.4) is 0 Å². The van der Waals surface area contributed by atoms with E-state index in [0.717, 1.165) is 15.1 Å². The third-order valence-corrected chi connectivity index (χ3v) is 7.95. The maximum absolute atomic E-state index is 13.4. The van der Waals surface area contributed by atoms with E-state index in [-0.39, 0.29) is 35.2 Å². The molecule has 1 heterocycles. The van der Waals surface area contributed by atoms with Gasteiger partial charge in [-0.05, 0) is 53.6 Å². The van der Waals surface area contributed by atoms with Gasteiger partial charge in [0, 0.05) is 17.5 Å². The summed E-state index contributed by atoms with van der Waals surface area (Å²) in [6, 6.07) is 16.8.